The maximum absolute atomic E-state index is 13.1. The van der Waals surface area contributed by atoms with Crippen LogP contribution in [0.3, 0.4) is 0 Å². The highest BCUT2D eigenvalue weighted by Crippen LogP contribution is 2.19. The molecule has 0 aliphatic rings. The highest BCUT2D eigenvalue weighted by Gasteiger charge is 2.10. The summed E-state index contributed by atoms with van der Waals surface area (Å²) >= 11 is 0. The molecule has 0 atom stereocenters. The van der Waals surface area contributed by atoms with Gasteiger partial charge in [-0.05, 0) is 29.3 Å². The highest BCUT2D eigenvalue weighted by molar-refractivity contribution is 6.20. The van der Waals surface area contributed by atoms with E-state index in [-0.39, 0.29) is 11.1 Å². The molecule has 0 amide bonds. The zero-order chi connectivity index (χ0) is 13.8. The minimum absolute atomic E-state index is 0.0226. The van der Waals surface area contributed by atoms with E-state index in [4.69, 9.17) is 0 Å². The summed E-state index contributed by atoms with van der Waals surface area (Å²) in [5.41, 5.74) is 0.615. The van der Waals surface area contributed by atoms with Crippen LogP contribution in [-0.4, -0.2) is 11.1 Å². The smallest absolute Gasteiger partial charge is 0.336 e. The van der Waals surface area contributed by atoms with E-state index in [2.05, 4.69) is 0 Å². The van der Waals surface area contributed by atoms with E-state index in [1.807, 2.05) is 0 Å². The molecule has 2 nitrogen and oxygen atoms in total. The lowest BCUT2D eigenvalue weighted by atomic mass is 10.0. The van der Waals surface area contributed by atoms with Crippen molar-refractivity contribution in [1.29, 1.82) is 0 Å². The minimum atomic E-state index is -1.16. The first kappa shape index (κ1) is 13.0. The van der Waals surface area contributed by atoms with E-state index < -0.39 is 17.6 Å². The number of halogens is 2. The summed E-state index contributed by atoms with van der Waals surface area (Å²) in [5.74, 6) is -2.65. The van der Waals surface area contributed by atoms with Crippen molar-refractivity contribution in [2.45, 2.75) is 0 Å². The molecule has 1 N–H and O–H groups in total. The number of rotatable bonds is 3. The molecule has 0 saturated carbocycles. The summed E-state index contributed by atoms with van der Waals surface area (Å²) in [4.78, 5) is 11.2. The van der Waals surface area contributed by atoms with Crippen LogP contribution in [0.15, 0.2) is 48.5 Å². The second kappa shape index (κ2) is 5.44. The monoisotopic (exact) mass is 260 g/mol. The summed E-state index contributed by atoms with van der Waals surface area (Å²) in [6.07, 6.45) is 1.24. The lowest BCUT2D eigenvalue weighted by Gasteiger charge is -2.03. The molecular weight excluding hydrogens is 250 g/mol. The Morgan fingerprint density at radius 1 is 1.00 bits per heavy atom. The zero-order valence-electron chi connectivity index (χ0n) is 9.81. The molecule has 2 rings (SSSR count). The Balaban J connectivity index is 2.50. The molecule has 0 heterocycles. The minimum Gasteiger partial charge on any atom is -0.478 e. The average molecular weight is 260 g/mol. The molecule has 0 radical (unpaired) electrons. The second-order valence-corrected chi connectivity index (χ2v) is 3.93. The molecule has 4 heteroatoms. The summed E-state index contributed by atoms with van der Waals surface area (Å²) in [7, 11) is 0. The van der Waals surface area contributed by atoms with Gasteiger partial charge in [-0.15, -0.1) is 0 Å². The van der Waals surface area contributed by atoms with Crippen molar-refractivity contribution >= 4 is 17.6 Å². The van der Waals surface area contributed by atoms with E-state index >= 15 is 0 Å². The summed E-state index contributed by atoms with van der Waals surface area (Å²) in [5, 5.41) is 9.17. The van der Waals surface area contributed by atoms with E-state index in [0.29, 0.717) is 5.56 Å². The van der Waals surface area contributed by atoms with Crippen LogP contribution >= 0.6 is 0 Å². The van der Waals surface area contributed by atoms with Crippen molar-refractivity contribution in [2.75, 3.05) is 0 Å². The molecule has 0 aromatic heterocycles. The Morgan fingerprint density at radius 3 is 2.11 bits per heavy atom. The van der Waals surface area contributed by atoms with Gasteiger partial charge in [-0.2, -0.15) is 0 Å². The third kappa shape index (κ3) is 3.25. The molecular formula is C15H10F2O2. The van der Waals surface area contributed by atoms with Crippen LogP contribution < -0.4 is 0 Å². The van der Waals surface area contributed by atoms with Crippen molar-refractivity contribution < 1.29 is 18.7 Å². The molecule has 2 aromatic carbocycles. The van der Waals surface area contributed by atoms with Crippen LogP contribution in [0.5, 0.6) is 0 Å². The number of hydrogen-bond donors (Lipinski definition) is 1. The van der Waals surface area contributed by atoms with Gasteiger partial charge in [-0.1, -0.05) is 30.3 Å². The molecule has 19 heavy (non-hydrogen) atoms. The number of carbonyl (C=O) groups is 1. The van der Waals surface area contributed by atoms with Crippen LogP contribution in [0.4, 0.5) is 8.78 Å². The Morgan fingerprint density at radius 2 is 1.58 bits per heavy atom. The van der Waals surface area contributed by atoms with E-state index in [0.717, 1.165) is 18.2 Å². The summed E-state index contributed by atoms with van der Waals surface area (Å²) in [6, 6.07) is 11.3. The van der Waals surface area contributed by atoms with Crippen LogP contribution in [-0.2, 0) is 4.79 Å². The van der Waals surface area contributed by atoms with Crippen molar-refractivity contribution in [3.63, 3.8) is 0 Å². The molecule has 0 bridgehead atoms. The second-order valence-electron chi connectivity index (χ2n) is 3.93. The van der Waals surface area contributed by atoms with Gasteiger partial charge in [-0.25, -0.2) is 13.6 Å². The fourth-order valence-electron chi connectivity index (χ4n) is 1.71. The Hall–Kier alpha value is -2.49. The van der Waals surface area contributed by atoms with Gasteiger partial charge in [-0.3, -0.25) is 0 Å². The molecule has 96 valence electrons. The lowest BCUT2D eigenvalue weighted by Crippen LogP contribution is -1.99. The Labute approximate surface area is 108 Å². The Bertz CT molecular complexity index is 614. The zero-order valence-corrected chi connectivity index (χ0v) is 9.81. The third-order valence-electron chi connectivity index (χ3n) is 2.51. The van der Waals surface area contributed by atoms with Crippen LogP contribution in [0.25, 0.3) is 11.6 Å². The first-order valence-electron chi connectivity index (χ1n) is 5.53. The predicted molar refractivity (Wildman–Crippen MR) is 68.3 cm³/mol. The molecule has 0 unspecified atom stereocenters. The number of carboxylic acid groups (broad SMARTS) is 1. The molecule has 0 aliphatic heterocycles. The third-order valence-corrected chi connectivity index (χ3v) is 2.51. The van der Waals surface area contributed by atoms with Gasteiger partial charge in [0.25, 0.3) is 0 Å². The molecule has 0 spiro atoms. The van der Waals surface area contributed by atoms with Gasteiger partial charge in [0, 0.05) is 6.07 Å². The summed E-state index contributed by atoms with van der Waals surface area (Å²) in [6.45, 7) is 0. The maximum Gasteiger partial charge on any atom is 0.336 e. The first-order chi connectivity index (χ1) is 9.06. The van der Waals surface area contributed by atoms with Gasteiger partial charge in [0.1, 0.15) is 11.6 Å². The van der Waals surface area contributed by atoms with Gasteiger partial charge in [0.05, 0.1) is 5.57 Å². The first-order valence-corrected chi connectivity index (χ1v) is 5.53. The SMILES string of the molecule is O=C(O)/C(=C/c1cc(F)cc(F)c1)c1ccccc1. The van der Waals surface area contributed by atoms with E-state index in [9.17, 15) is 18.7 Å². The topological polar surface area (TPSA) is 37.3 Å². The number of benzene rings is 2. The van der Waals surface area contributed by atoms with Crippen molar-refractivity contribution in [2.24, 2.45) is 0 Å². The van der Waals surface area contributed by atoms with Gasteiger partial charge < -0.3 is 5.11 Å². The number of carboxylic acids is 1. The van der Waals surface area contributed by atoms with Gasteiger partial charge in [0.2, 0.25) is 0 Å². The van der Waals surface area contributed by atoms with Crippen molar-refractivity contribution in [3.8, 4) is 0 Å². The van der Waals surface area contributed by atoms with Crippen LogP contribution in [0.1, 0.15) is 11.1 Å². The molecule has 0 fully saturated rings. The number of aliphatic carboxylic acids is 1. The van der Waals surface area contributed by atoms with Gasteiger partial charge >= 0.3 is 5.97 Å². The average Bonchev–Trinajstić information content (AvgIpc) is 2.35. The number of hydrogen-bond acceptors (Lipinski definition) is 1. The van der Waals surface area contributed by atoms with Crippen LogP contribution in [0, 0.1) is 11.6 Å². The fraction of sp³-hybridized carbons (Fsp3) is 0. The van der Waals surface area contributed by atoms with Crippen LogP contribution in [0.2, 0.25) is 0 Å². The normalized spacial score (nSPS) is 11.4. The largest absolute Gasteiger partial charge is 0.478 e. The molecule has 0 saturated heterocycles. The summed E-state index contributed by atoms with van der Waals surface area (Å²) < 4.78 is 26.1. The van der Waals surface area contributed by atoms with E-state index in [1.54, 1.807) is 30.3 Å². The Kier molecular flexibility index (Phi) is 3.71. The fourth-order valence-corrected chi connectivity index (χ4v) is 1.71. The standard InChI is InChI=1S/C15H10F2O2/c16-12-6-10(7-13(17)9-12)8-14(15(18)19)11-4-2-1-3-5-11/h1-9H,(H,18,19)/b14-8+. The van der Waals surface area contributed by atoms with E-state index in [1.165, 1.54) is 6.08 Å². The van der Waals surface area contributed by atoms with Gasteiger partial charge in [0.15, 0.2) is 0 Å². The quantitative estimate of drug-likeness (QED) is 0.676. The van der Waals surface area contributed by atoms with Crippen molar-refractivity contribution in [1.82, 2.24) is 0 Å². The highest BCUT2D eigenvalue weighted by atomic mass is 19.1. The molecule has 0 aliphatic carbocycles. The van der Waals surface area contributed by atoms with Crippen molar-refractivity contribution in [3.05, 3.63) is 71.3 Å². The predicted octanol–water partition coefficient (Wildman–Crippen LogP) is 3.59. The molecule has 2 aromatic rings. The lowest BCUT2D eigenvalue weighted by molar-refractivity contribution is -0.130. The maximum atomic E-state index is 13.1.